The number of nitrogens with zero attached hydrogens (tertiary/aromatic N) is 1. The highest BCUT2D eigenvalue weighted by Gasteiger charge is 2.37. The highest BCUT2D eigenvalue weighted by atomic mass is 79.9. The number of barbiturate groups is 1. The van der Waals surface area contributed by atoms with E-state index < -0.39 is 17.8 Å². The summed E-state index contributed by atoms with van der Waals surface area (Å²) < 4.78 is 12.3. The Hall–Kier alpha value is -4.43. The molecule has 196 valence electrons. The summed E-state index contributed by atoms with van der Waals surface area (Å²) in [5, 5.41) is 4.48. The van der Waals surface area contributed by atoms with E-state index in [0.717, 1.165) is 32.4 Å². The molecular formula is C31H25BrN2O5. The van der Waals surface area contributed by atoms with Gasteiger partial charge in [-0.15, -0.1) is 0 Å². The molecule has 0 aliphatic carbocycles. The molecule has 1 saturated heterocycles. The Kier molecular flexibility index (Phi) is 7.21. The molecule has 0 radical (unpaired) electrons. The first-order chi connectivity index (χ1) is 18.8. The number of nitrogens with one attached hydrogen (secondary N) is 1. The lowest BCUT2D eigenvalue weighted by molar-refractivity contribution is -0.122. The molecule has 0 bridgehead atoms. The second kappa shape index (κ2) is 10.7. The van der Waals surface area contributed by atoms with Crippen LogP contribution in [0.4, 0.5) is 10.5 Å². The van der Waals surface area contributed by atoms with Crippen LogP contribution in [0.2, 0.25) is 0 Å². The number of halogens is 1. The fourth-order valence-electron chi connectivity index (χ4n) is 4.45. The summed E-state index contributed by atoms with van der Waals surface area (Å²) in [5.41, 5.74) is 3.69. The summed E-state index contributed by atoms with van der Waals surface area (Å²) in [6.07, 6.45) is 1.43. The molecule has 4 aromatic carbocycles. The monoisotopic (exact) mass is 584 g/mol. The topological polar surface area (TPSA) is 84.9 Å². The van der Waals surface area contributed by atoms with Crippen molar-refractivity contribution in [2.75, 3.05) is 12.0 Å². The third-order valence-electron chi connectivity index (χ3n) is 6.67. The van der Waals surface area contributed by atoms with Gasteiger partial charge in [0.15, 0.2) is 11.5 Å². The molecule has 0 atom stereocenters. The summed E-state index contributed by atoms with van der Waals surface area (Å²) in [4.78, 5) is 39.6. The third-order valence-corrected chi connectivity index (χ3v) is 7.25. The van der Waals surface area contributed by atoms with E-state index in [2.05, 4.69) is 33.4 Å². The normalized spacial score (nSPS) is 14.6. The number of ether oxygens (including phenoxy) is 2. The second-order valence-electron chi connectivity index (χ2n) is 9.19. The highest BCUT2D eigenvalue weighted by Crippen LogP contribution is 2.38. The van der Waals surface area contributed by atoms with E-state index in [-0.39, 0.29) is 5.57 Å². The fraction of sp³-hybridized carbons (Fsp3) is 0.129. The summed E-state index contributed by atoms with van der Waals surface area (Å²) in [6.45, 7) is 4.14. The van der Waals surface area contributed by atoms with Crippen LogP contribution < -0.4 is 19.7 Å². The number of carbonyl (C=O) groups excluding carboxylic acids is 3. The minimum absolute atomic E-state index is 0.175. The number of hydrogen-bond donors (Lipinski definition) is 1. The Morgan fingerprint density at radius 3 is 2.46 bits per heavy atom. The number of methoxy groups -OCH3 is 1. The molecule has 8 heteroatoms. The van der Waals surface area contributed by atoms with Gasteiger partial charge in [0, 0.05) is 0 Å². The average molecular weight is 585 g/mol. The van der Waals surface area contributed by atoms with E-state index in [9.17, 15) is 14.4 Å². The molecule has 0 unspecified atom stereocenters. The molecule has 1 N–H and O–H groups in total. The lowest BCUT2D eigenvalue weighted by Crippen LogP contribution is -2.54. The van der Waals surface area contributed by atoms with Crippen molar-refractivity contribution in [3.8, 4) is 11.5 Å². The van der Waals surface area contributed by atoms with Crippen molar-refractivity contribution in [3.63, 3.8) is 0 Å². The Morgan fingerprint density at radius 2 is 1.69 bits per heavy atom. The molecule has 1 aliphatic heterocycles. The Bertz CT molecular complexity index is 1670. The van der Waals surface area contributed by atoms with Gasteiger partial charge in [-0.2, -0.15) is 0 Å². The summed E-state index contributed by atoms with van der Waals surface area (Å²) in [5.74, 6) is -0.573. The molecule has 0 saturated carbocycles. The van der Waals surface area contributed by atoms with Gasteiger partial charge < -0.3 is 9.47 Å². The zero-order valence-electron chi connectivity index (χ0n) is 21.6. The molecule has 0 aromatic heterocycles. The smallest absolute Gasteiger partial charge is 0.335 e. The lowest BCUT2D eigenvalue weighted by atomic mass is 10.0. The van der Waals surface area contributed by atoms with Crippen molar-refractivity contribution in [1.82, 2.24) is 5.32 Å². The number of amides is 4. The van der Waals surface area contributed by atoms with E-state index in [1.807, 2.05) is 50.2 Å². The molecule has 0 spiro atoms. The largest absolute Gasteiger partial charge is 0.493 e. The summed E-state index contributed by atoms with van der Waals surface area (Å²) in [6, 6.07) is 22.0. The minimum atomic E-state index is -0.790. The van der Waals surface area contributed by atoms with E-state index in [1.165, 1.54) is 13.2 Å². The lowest BCUT2D eigenvalue weighted by Gasteiger charge is -2.27. The predicted octanol–water partition coefficient (Wildman–Crippen LogP) is 6.47. The van der Waals surface area contributed by atoms with Crippen molar-refractivity contribution in [3.05, 3.63) is 105 Å². The van der Waals surface area contributed by atoms with E-state index >= 15 is 0 Å². The van der Waals surface area contributed by atoms with Crippen LogP contribution in [0.1, 0.15) is 22.3 Å². The van der Waals surface area contributed by atoms with Gasteiger partial charge in [0.1, 0.15) is 12.2 Å². The number of rotatable bonds is 6. The quantitative estimate of drug-likeness (QED) is 0.207. The molecule has 1 fully saturated rings. The zero-order chi connectivity index (χ0) is 27.7. The molecule has 1 aliphatic rings. The number of urea groups is 1. The second-order valence-corrected chi connectivity index (χ2v) is 10.0. The molecule has 7 nitrogen and oxygen atoms in total. The maximum atomic E-state index is 13.3. The Labute approximate surface area is 234 Å². The van der Waals surface area contributed by atoms with Crippen LogP contribution in [-0.4, -0.2) is 25.0 Å². The van der Waals surface area contributed by atoms with Crippen LogP contribution >= 0.6 is 15.9 Å². The number of aryl methyl sites for hydroxylation is 2. The summed E-state index contributed by atoms with van der Waals surface area (Å²) >= 11 is 3.55. The van der Waals surface area contributed by atoms with Gasteiger partial charge in [-0.05, 0) is 93.1 Å². The maximum Gasteiger partial charge on any atom is 0.335 e. The molecule has 4 amide bonds. The van der Waals surface area contributed by atoms with E-state index in [4.69, 9.17) is 9.47 Å². The molecular weight excluding hydrogens is 560 g/mol. The maximum absolute atomic E-state index is 13.3. The van der Waals surface area contributed by atoms with Crippen LogP contribution in [0, 0.1) is 13.8 Å². The standard InChI is InChI=1S/C31H25BrN2O5/c1-18-11-12-23(13-19(18)2)34-30(36)25(29(35)33-31(34)37)14-20-15-26(32)28(27(16-20)38-3)39-17-22-9-6-8-21-7-4-5-10-24(21)22/h4-16H,17H2,1-3H3,(H,33,35,37)/b25-14+. The van der Waals surface area contributed by atoms with Crippen molar-refractivity contribution >= 4 is 56.3 Å². The fourth-order valence-corrected chi connectivity index (χ4v) is 5.03. The van der Waals surface area contributed by atoms with Crippen molar-refractivity contribution in [2.45, 2.75) is 20.5 Å². The van der Waals surface area contributed by atoms with Gasteiger partial charge in [-0.25, -0.2) is 9.69 Å². The van der Waals surface area contributed by atoms with Gasteiger partial charge in [0.25, 0.3) is 11.8 Å². The van der Waals surface area contributed by atoms with E-state index in [0.29, 0.717) is 33.8 Å². The van der Waals surface area contributed by atoms with Gasteiger partial charge in [-0.1, -0.05) is 48.5 Å². The summed E-state index contributed by atoms with van der Waals surface area (Å²) in [7, 11) is 1.52. The minimum Gasteiger partial charge on any atom is -0.493 e. The Morgan fingerprint density at radius 1 is 0.923 bits per heavy atom. The van der Waals surface area contributed by atoms with E-state index in [1.54, 1.807) is 24.3 Å². The van der Waals surface area contributed by atoms with Crippen LogP contribution in [0.25, 0.3) is 16.8 Å². The average Bonchev–Trinajstić information content (AvgIpc) is 2.92. The first-order valence-corrected chi connectivity index (χ1v) is 13.0. The van der Waals surface area contributed by atoms with Crippen LogP contribution in [-0.2, 0) is 16.2 Å². The van der Waals surface area contributed by atoms with Gasteiger partial charge in [-0.3, -0.25) is 14.9 Å². The van der Waals surface area contributed by atoms with Crippen LogP contribution in [0.5, 0.6) is 11.5 Å². The van der Waals surface area contributed by atoms with Gasteiger partial charge in [0.2, 0.25) is 0 Å². The first kappa shape index (κ1) is 26.2. The molecule has 1 heterocycles. The number of benzene rings is 4. The van der Waals surface area contributed by atoms with Crippen LogP contribution in [0.3, 0.4) is 0 Å². The van der Waals surface area contributed by atoms with Crippen molar-refractivity contribution in [2.24, 2.45) is 0 Å². The highest BCUT2D eigenvalue weighted by molar-refractivity contribution is 9.10. The zero-order valence-corrected chi connectivity index (χ0v) is 23.2. The number of anilines is 1. The van der Waals surface area contributed by atoms with Gasteiger partial charge >= 0.3 is 6.03 Å². The van der Waals surface area contributed by atoms with Crippen LogP contribution in [0.15, 0.2) is 82.8 Å². The Balaban J connectivity index is 1.45. The number of carbonyl (C=O) groups is 3. The molecule has 4 aromatic rings. The molecule has 39 heavy (non-hydrogen) atoms. The first-order valence-electron chi connectivity index (χ1n) is 12.2. The van der Waals surface area contributed by atoms with Crippen molar-refractivity contribution < 1.29 is 23.9 Å². The van der Waals surface area contributed by atoms with Gasteiger partial charge in [0.05, 0.1) is 17.3 Å². The SMILES string of the molecule is COc1cc(/C=C2\C(=O)NC(=O)N(c3ccc(C)c(C)c3)C2=O)cc(Br)c1OCc1cccc2ccccc12. The third kappa shape index (κ3) is 5.15. The predicted molar refractivity (Wildman–Crippen MR) is 154 cm³/mol. The number of fused-ring (bicyclic) bond motifs is 1. The molecule has 5 rings (SSSR count). The number of imide groups is 2. The number of hydrogen-bond acceptors (Lipinski definition) is 5. The van der Waals surface area contributed by atoms with Crippen molar-refractivity contribution in [1.29, 1.82) is 0 Å².